The summed E-state index contributed by atoms with van der Waals surface area (Å²) in [4.78, 5) is 25.3. The molecule has 1 aliphatic rings. The van der Waals surface area contributed by atoms with Gasteiger partial charge in [0.15, 0.2) is 6.61 Å². The molecule has 0 radical (unpaired) electrons. The Morgan fingerprint density at radius 1 is 1.09 bits per heavy atom. The van der Waals surface area contributed by atoms with Crippen LogP contribution in [0.4, 0.5) is 5.00 Å². The van der Waals surface area contributed by atoms with Crippen molar-refractivity contribution in [2.24, 2.45) is 0 Å². The van der Waals surface area contributed by atoms with Crippen molar-refractivity contribution >= 4 is 39.8 Å². The van der Waals surface area contributed by atoms with Gasteiger partial charge in [-0.15, -0.1) is 11.3 Å². The van der Waals surface area contributed by atoms with E-state index < -0.39 is 5.97 Å². The molecule has 0 saturated carbocycles. The number of anilines is 1. The maximum absolute atomic E-state index is 12.8. The van der Waals surface area contributed by atoms with Crippen LogP contribution < -0.4 is 10.1 Å². The molecule has 0 unspecified atom stereocenters. The smallest absolute Gasteiger partial charge is 0.341 e. The first kappa shape index (κ1) is 22.4. The van der Waals surface area contributed by atoms with Crippen LogP contribution in [0.3, 0.4) is 0 Å². The van der Waals surface area contributed by atoms with Gasteiger partial charge in [0.25, 0.3) is 5.91 Å². The first-order chi connectivity index (χ1) is 15.6. The van der Waals surface area contributed by atoms with E-state index in [1.807, 2.05) is 11.4 Å². The number of aryl methyl sites for hydroxylation is 2. The number of carbonyl (C=O) groups excluding carboxylic acids is 2. The minimum atomic E-state index is -0.455. The van der Waals surface area contributed by atoms with E-state index in [1.165, 1.54) is 35.3 Å². The largest absolute Gasteiger partial charge is 0.482 e. The number of carbonyl (C=O) groups is 2. The number of benzene rings is 2. The zero-order valence-corrected chi connectivity index (χ0v) is 19.4. The van der Waals surface area contributed by atoms with Crippen molar-refractivity contribution < 1.29 is 19.1 Å². The fourth-order valence-corrected chi connectivity index (χ4v) is 5.00. The van der Waals surface area contributed by atoms with Gasteiger partial charge in [0, 0.05) is 10.9 Å². The molecular formula is C25H24ClNO4S. The van der Waals surface area contributed by atoms with E-state index in [2.05, 4.69) is 17.4 Å². The second kappa shape index (κ2) is 10.2. The summed E-state index contributed by atoms with van der Waals surface area (Å²) >= 11 is 7.38. The van der Waals surface area contributed by atoms with E-state index in [-0.39, 0.29) is 19.1 Å². The fourth-order valence-electron chi connectivity index (χ4n) is 3.84. The number of nitrogens with one attached hydrogen (secondary N) is 1. The Morgan fingerprint density at radius 2 is 1.88 bits per heavy atom. The summed E-state index contributed by atoms with van der Waals surface area (Å²) in [5.41, 5.74) is 4.80. The normalized spacial score (nSPS) is 12.7. The number of rotatable bonds is 7. The van der Waals surface area contributed by atoms with Crippen LogP contribution in [0.25, 0.3) is 11.1 Å². The summed E-state index contributed by atoms with van der Waals surface area (Å²) in [6, 6.07) is 13.3. The Labute approximate surface area is 196 Å². The molecule has 166 valence electrons. The van der Waals surface area contributed by atoms with E-state index in [0.717, 1.165) is 24.0 Å². The van der Waals surface area contributed by atoms with Crippen LogP contribution in [0.5, 0.6) is 5.75 Å². The molecule has 32 heavy (non-hydrogen) atoms. The van der Waals surface area contributed by atoms with Gasteiger partial charge in [-0.3, -0.25) is 4.79 Å². The van der Waals surface area contributed by atoms with E-state index in [4.69, 9.17) is 21.1 Å². The minimum Gasteiger partial charge on any atom is -0.482 e. The minimum absolute atomic E-state index is 0.224. The highest BCUT2D eigenvalue weighted by Gasteiger charge is 2.24. The molecule has 1 amide bonds. The summed E-state index contributed by atoms with van der Waals surface area (Å²) in [5.74, 6) is -0.408. The van der Waals surface area contributed by atoms with Crippen molar-refractivity contribution in [3.8, 4) is 16.9 Å². The van der Waals surface area contributed by atoms with Gasteiger partial charge in [-0.25, -0.2) is 4.79 Å². The van der Waals surface area contributed by atoms with Crippen LogP contribution in [0.1, 0.15) is 41.3 Å². The van der Waals surface area contributed by atoms with Crippen LogP contribution in [0.2, 0.25) is 5.02 Å². The quantitative estimate of drug-likeness (QED) is 0.422. The lowest BCUT2D eigenvalue weighted by molar-refractivity contribution is -0.118. The number of hydrogen-bond acceptors (Lipinski definition) is 5. The summed E-state index contributed by atoms with van der Waals surface area (Å²) in [6.07, 6.45) is 4.53. The van der Waals surface area contributed by atoms with Gasteiger partial charge in [-0.05, 0) is 61.4 Å². The van der Waals surface area contributed by atoms with E-state index in [9.17, 15) is 9.59 Å². The number of amides is 1. The predicted octanol–water partition coefficient (Wildman–Crippen LogP) is 6.14. The van der Waals surface area contributed by atoms with Gasteiger partial charge in [-0.1, -0.05) is 41.9 Å². The Hall–Kier alpha value is -2.83. The third-order valence-electron chi connectivity index (χ3n) is 5.38. The summed E-state index contributed by atoms with van der Waals surface area (Å²) in [7, 11) is 0. The molecule has 4 rings (SSSR count). The topological polar surface area (TPSA) is 64.6 Å². The average Bonchev–Trinajstić information content (AvgIpc) is 3.22. The van der Waals surface area contributed by atoms with Crippen LogP contribution in [-0.4, -0.2) is 25.1 Å². The third kappa shape index (κ3) is 4.97. The van der Waals surface area contributed by atoms with Crippen LogP contribution in [0, 0.1) is 0 Å². The van der Waals surface area contributed by atoms with Crippen molar-refractivity contribution in [3.63, 3.8) is 0 Å². The maximum Gasteiger partial charge on any atom is 0.341 e. The van der Waals surface area contributed by atoms with Gasteiger partial charge >= 0.3 is 5.97 Å². The lowest BCUT2D eigenvalue weighted by Gasteiger charge is -2.17. The number of para-hydroxylation sites is 1. The maximum atomic E-state index is 12.8. The van der Waals surface area contributed by atoms with Crippen LogP contribution in [-0.2, 0) is 22.4 Å². The number of halogens is 1. The van der Waals surface area contributed by atoms with Crippen molar-refractivity contribution in [1.29, 1.82) is 0 Å². The number of esters is 1. The lowest BCUT2D eigenvalue weighted by atomic mass is 9.89. The number of fused-ring (bicyclic) bond motifs is 1. The van der Waals surface area contributed by atoms with Gasteiger partial charge in [0.2, 0.25) is 0 Å². The van der Waals surface area contributed by atoms with Gasteiger partial charge in [0.1, 0.15) is 16.3 Å². The zero-order chi connectivity index (χ0) is 22.5. The molecule has 7 heteroatoms. The predicted molar refractivity (Wildman–Crippen MR) is 128 cm³/mol. The number of hydrogen-bond donors (Lipinski definition) is 1. The standard InChI is InChI=1S/C25H24ClNO4S/c1-2-30-25(29)23-19(18-12-11-16-7-3-4-8-17(16)13-18)15-32-24(23)27-22(28)14-31-21-10-6-5-9-20(21)26/h5-6,9-13,15H,2-4,7-8,14H2,1H3,(H,27,28). The monoisotopic (exact) mass is 469 g/mol. The molecule has 1 aromatic heterocycles. The lowest BCUT2D eigenvalue weighted by Crippen LogP contribution is -2.21. The summed E-state index contributed by atoms with van der Waals surface area (Å²) in [6.45, 7) is 1.79. The Kier molecular flexibility index (Phi) is 7.12. The molecule has 2 aromatic carbocycles. The van der Waals surface area contributed by atoms with Gasteiger partial charge in [-0.2, -0.15) is 0 Å². The molecule has 5 nitrogen and oxygen atoms in total. The van der Waals surface area contributed by atoms with Crippen molar-refractivity contribution in [1.82, 2.24) is 0 Å². The second-order valence-corrected chi connectivity index (χ2v) is 8.82. The summed E-state index contributed by atoms with van der Waals surface area (Å²) < 4.78 is 10.8. The van der Waals surface area contributed by atoms with Crippen molar-refractivity contribution in [2.75, 3.05) is 18.5 Å². The van der Waals surface area contributed by atoms with Gasteiger partial charge < -0.3 is 14.8 Å². The molecule has 1 heterocycles. The first-order valence-corrected chi connectivity index (χ1v) is 11.9. The zero-order valence-electron chi connectivity index (χ0n) is 17.8. The van der Waals surface area contributed by atoms with Crippen LogP contribution >= 0.6 is 22.9 Å². The second-order valence-electron chi connectivity index (χ2n) is 7.53. The molecule has 0 atom stereocenters. The van der Waals surface area contributed by atoms with Crippen molar-refractivity contribution in [3.05, 3.63) is 69.6 Å². The summed E-state index contributed by atoms with van der Waals surface area (Å²) in [5, 5.41) is 5.57. The highest BCUT2D eigenvalue weighted by atomic mass is 35.5. The first-order valence-electron chi connectivity index (χ1n) is 10.6. The molecule has 0 aliphatic heterocycles. The third-order valence-corrected chi connectivity index (χ3v) is 6.59. The molecule has 3 aromatic rings. The molecular weight excluding hydrogens is 446 g/mol. The fraction of sp³-hybridized carbons (Fsp3) is 0.280. The van der Waals surface area contributed by atoms with Crippen molar-refractivity contribution in [2.45, 2.75) is 32.6 Å². The van der Waals surface area contributed by atoms with E-state index >= 15 is 0 Å². The Balaban J connectivity index is 1.57. The van der Waals surface area contributed by atoms with Crippen LogP contribution in [0.15, 0.2) is 47.8 Å². The molecule has 0 spiro atoms. The Bertz CT molecular complexity index is 1140. The molecule has 0 saturated heterocycles. The highest BCUT2D eigenvalue weighted by Crippen LogP contribution is 2.38. The molecule has 1 aliphatic carbocycles. The Morgan fingerprint density at radius 3 is 2.66 bits per heavy atom. The average molecular weight is 470 g/mol. The van der Waals surface area contributed by atoms with E-state index in [0.29, 0.717) is 21.3 Å². The number of thiophene rings is 1. The molecule has 1 N–H and O–H groups in total. The SMILES string of the molecule is CCOC(=O)c1c(-c2ccc3c(c2)CCCC3)csc1NC(=O)COc1ccccc1Cl. The van der Waals surface area contributed by atoms with Gasteiger partial charge in [0.05, 0.1) is 11.6 Å². The molecule has 0 bridgehead atoms. The highest BCUT2D eigenvalue weighted by molar-refractivity contribution is 7.15. The molecule has 0 fully saturated rings. The van der Waals surface area contributed by atoms with E-state index in [1.54, 1.807) is 31.2 Å². The number of ether oxygens (including phenoxy) is 2.